The second-order valence-corrected chi connectivity index (χ2v) is 4.44. The van der Waals surface area contributed by atoms with Crippen molar-refractivity contribution in [1.82, 2.24) is 14.9 Å². The number of para-hydroxylation sites is 2. The Balaban J connectivity index is 1.79. The lowest BCUT2D eigenvalue weighted by molar-refractivity contribution is 0.569. The fraction of sp³-hybridized carbons (Fsp3) is 0.500. The first-order valence-electron chi connectivity index (χ1n) is 6.46. The molecule has 0 aliphatic carbocycles. The molecule has 17 heavy (non-hydrogen) atoms. The number of aryl methyl sites for hydroxylation is 1. The average Bonchev–Trinajstić information content (AvgIpc) is 2.77. The van der Waals surface area contributed by atoms with Gasteiger partial charge in [0.15, 0.2) is 0 Å². The van der Waals surface area contributed by atoms with Crippen LogP contribution in [0.4, 0.5) is 0 Å². The predicted octanol–water partition coefficient (Wildman–Crippen LogP) is 2.82. The molecule has 0 fully saturated rings. The Morgan fingerprint density at radius 2 is 1.94 bits per heavy atom. The monoisotopic (exact) mass is 231 g/mol. The van der Waals surface area contributed by atoms with Crippen LogP contribution in [-0.2, 0) is 6.54 Å². The van der Waals surface area contributed by atoms with E-state index in [9.17, 15) is 0 Å². The lowest BCUT2D eigenvalue weighted by Crippen LogP contribution is -2.07. The highest BCUT2D eigenvalue weighted by molar-refractivity contribution is 5.74. The van der Waals surface area contributed by atoms with Gasteiger partial charge in [0.25, 0.3) is 0 Å². The van der Waals surface area contributed by atoms with Crippen LogP contribution in [0, 0.1) is 0 Å². The van der Waals surface area contributed by atoms with E-state index in [1.54, 1.807) is 0 Å². The van der Waals surface area contributed by atoms with Gasteiger partial charge >= 0.3 is 0 Å². The molecule has 0 saturated heterocycles. The number of nitrogens with zero attached hydrogens (tertiary/aromatic N) is 2. The second kappa shape index (κ2) is 6.40. The summed E-state index contributed by atoms with van der Waals surface area (Å²) in [7, 11) is 2.01. The molecule has 2 rings (SSSR count). The highest BCUT2D eigenvalue weighted by Crippen LogP contribution is 2.13. The number of fused-ring (bicyclic) bond motifs is 1. The number of benzene rings is 1. The summed E-state index contributed by atoms with van der Waals surface area (Å²) in [6.07, 6.45) is 7.09. The van der Waals surface area contributed by atoms with Crippen molar-refractivity contribution in [2.24, 2.45) is 0 Å². The zero-order valence-corrected chi connectivity index (χ0v) is 10.5. The third-order valence-corrected chi connectivity index (χ3v) is 3.10. The normalized spacial score (nSPS) is 11.1. The molecule has 1 aromatic carbocycles. The smallest absolute Gasteiger partial charge is 0.0958 e. The molecule has 0 amide bonds. The number of hydrogen-bond acceptors (Lipinski definition) is 2. The van der Waals surface area contributed by atoms with Gasteiger partial charge in [-0.25, -0.2) is 4.98 Å². The molecule has 0 saturated carbocycles. The van der Waals surface area contributed by atoms with Crippen molar-refractivity contribution in [3.05, 3.63) is 30.6 Å². The van der Waals surface area contributed by atoms with Crippen LogP contribution in [-0.4, -0.2) is 23.1 Å². The van der Waals surface area contributed by atoms with Gasteiger partial charge in [0, 0.05) is 6.54 Å². The summed E-state index contributed by atoms with van der Waals surface area (Å²) in [4.78, 5) is 4.40. The SMILES string of the molecule is CNCCCCCCn1cnc2ccccc21. The summed E-state index contributed by atoms with van der Waals surface area (Å²) >= 11 is 0. The van der Waals surface area contributed by atoms with Gasteiger partial charge in [0.05, 0.1) is 17.4 Å². The van der Waals surface area contributed by atoms with Crippen LogP contribution in [0.15, 0.2) is 30.6 Å². The van der Waals surface area contributed by atoms with E-state index in [-0.39, 0.29) is 0 Å². The molecule has 0 spiro atoms. The van der Waals surface area contributed by atoms with Gasteiger partial charge in [0.1, 0.15) is 0 Å². The predicted molar refractivity (Wildman–Crippen MR) is 72.1 cm³/mol. The zero-order chi connectivity index (χ0) is 11.9. The Bertz CT molecular complexity index is 447. The van der Waals surface area contributed by atoms with Gasteiger partial charge in [-0.1, -0.05) is 25.0 Å². The molecule has 1 heterocycles. The number of nitrogens with one attached hydrogen (secondary N) is 1. The standard InChI is InChI=1S/C14H21N3/c1-15-10-6-2-3-7-11-17-12-16-13-8-4-5-9-14(13)17/h4-5,8-9,12,15H,2-3,6-7,10-11H2,1H3. The Kier molecular flexibility index (Phi) is 4.56. The number of unbranched alkanes of at least 4 members (excludes halogenated alkanes) is 3. The van der Waals surface area contributed by atoms with Crippen LogP contribution in [0.3, 0.4) is 0 Å². The minimum Gasteiger partial charge on any atom is -0.331 e. The van der Waals surface area contributed by atoms with E-state index in [1.165, 1.54) is 31.2 Å². The molecule has 0 atom stereocenters. The van der Waals surface area contributed by atoms with Crippen LogP contribution in [0.2, 0.25) is 0 Å². The molecule has 1 aromatic heterocycles. The van der Waals surface area contributed by atoms with Crippen molar-refractivity contribution in [3.63, 3.8) is 0 Å². The van der Waals surface area contributed by atoms with E-state index in [0.29, 0.717) is 0 Å². The average molecular weight is 231 g/mol. The molecule has 1 N–H and O–H groups in total. The van der Waals surface area contributed by atoms with Gasteiger partial charge < -0.3 is 9.88 Å². The fourth-order valence-corrected chi connectivity index (χ4v) is 2.13. The molecule has 0 unspecified atom stereocenters. The quantitative estimate of drug-likeness (QED) is 0.743. The first kappa shape index (κ1) is 12.1. The lowest BCUT2D eigenvalue weighted by Gasteiger charge is -2.04. The molecule has 0 aliphatic heterocycles. The van der Waals surface area contributed by atoms with Gasteiger partial charge in [-0.15, -0.1) is 0 Å². The lowest BCUT2D eigenvalue weighted by atomic mass is 10.2. The molecule has 3 nitrogen and oxygen atoms in total. The van der Waals surface area contributed by atoms with Crippen molar-refractivity contribution >= 4 is 11.0 Å². The molecule has 0 aliphatic rings. The molecule has 3 heteroatoms. The maximum Gasteiger partial charge on any atom is 0.0958 e. The van der Waals surface area contributed by atoms with Gasteiger partial charge in [-0.05, 0) is 38.6 Å². The first-order chi connectivity index (χ1) is 8.42. The van der Waals surface area contributed by atoms with Gasteiger partial charge in [0.2, 0.25) is 0 Å². The number of imidazole rings is 1. The Hall–Kier alpha value is -1.35. The maximum atomic E-state index is 4.40. The Morgan fingerprint density at radius 1 is 1.12 bits per heavy atom. The van der Waals surface area contributed by atoms with Crippen molar-refractivity contribution in [3.8, 4) is 0 Å². The van der Waals surface area contributed by atoms with Crippen molar-refractivity contribution in [2.75, 3.05) is 13.6 Å². The molecule has 0 radical (unpaired) electrons. The Labute approximate surface area is 103 Å². The summed E-state index contributed by atoms with van der Waals surface area (Å²) in [6, 6.07) is 8.33. The Morgan fingerprint density at radius 3 is 2.82 bits per heavy atom. The van der Waals surface area contributed by atoms with Gasteiger partial charge in [-0.3, -0.25) is 0 Å². The fourth-order valence-electron chi connectivity index (χ4n) is 2.13. The van der Waals surface area contributed by atoms with E-state index in [0.717, 1.165) is 18.6 Å². The van der Waals surface area contributed by atoms with Crippen LogP contribution in [0.25, 0.3) is 11.0 Å². The molecular weight excluding hydrogens is 210 g/mol. The molecule has 0 bridgehead atoms. The zero-order valence-electron chi connectivity index (χ0n) is 10.5. The van der Waals surface area contributed by atoms with E-state index in [2.05, 4.69) is 33.1 Å². The summed E-state index contributed by atoms with van der Waals surface area (Å²) in [6.45, 7) is 2.22. The van der Waals surface area contributed by atoms with Crippen LogP contribution < -0.4 is 5.32 Å². The third kappa shape index (κ3) is 3.30. The second-order valence-electron chi connectivity index (χ2n) is 4.44. The first-order valence-corrected chi connectivity index (χ1v) is 6.46. The highest BCUT2D eigenvalue weighted by atomic mass is 15.0. The van der Waals surface area contributed by atoms with E-state index >= 15 is 0 Å². The van der Waals surface area contributed by atoms with E-state index < -0.39 is 0 Å². The van der Waals surface area contributed by atoms with Crippen molar-refractivity contribution < 1.29 is 0 Å². The van der Waals surface area contributed by atoms with Gasteiger partial charge in [-0.2, -0.15) is 0 Å². The maximum absolute atomic E-state index is 4.40. The summed E-state index contributed by atoms with van der Waals surface area (Å²) < 4.78 is 2.26. The number of rotatable bonds is 7. The van der Waals surface area contributed by atoms with Crippen LogP contribution >= 0.6 is 0 Å². The molecule has 92 valence electrons. The third-order valence-electron chi connectivity index (χ3n) is 3.10. The topological polar surface area (TPSA) is 29.9 Å². The number of aromatic nitrogens is 2. The van der Waals surface area contributed by atoms with Crippen molar-refractivity contribution in [1.29, 1.82) is 0 Å². The van der Waals surface area contributed by atoms with E-state index in [4.69, 9.17) is 0 Å². The van der Waals surface area contributed by atoms with Crippen LogP contribution in [0.1, 0.15) is 25.7 Å². The summed E-state index contributed by atoms with van der Waals surface area (Å²) in [5.41, 5.74) is 2.35. The summed E-state index contributed by atoms with van der Waals surface area (Å²) in [5.74, 6) is 0. The largest absolute Gasteiger partial charge is 0.331 e. The van der Waals surface area contributed by atoms with Crippen LogP contribution in [0.5, 0.6) is 0 Å². The van der Waals surface area contributed by atoms with E-state index in [1.807, 2.05) is 19.4 Å². The minimum atomic E-state index is 1.08. The molecular formula is C14H21N3. The highest BCUT2D eigenvalue weighted by Gasteiger charge is 2.00. The van der Waals surface area contributed by atoms with Crippen molar-refractivity contribution in [2.45, 2.75) is 32.2 Å². The molecule has 2 aromatic rings. The number of hydrogen-bond donors (Lipinski definition) is 1. The summed E-state index contributed by atoms with van der Waals surface area (Å²) in [5, 5.41) is 3.18. The minimum absolute atomic E-state index is 1.08.